The van der Waals surface area contributed by atoms with Gasteiger partial charge in [0, 0.05) is 34.2 Å². The minimum Gasteiger partial charge on any atom is -0.361 e. The predicted octanol–water partition coefficient (Wildman–Crippen LogP) is 7.06. The van der Waals surface area contributed by atoms with Gasteiger partial charge in [0.15, 0.2) is 0 Å². The van der Waals surface area contributed by atoms with Crippen LogP contribution in [0.3, 0.4) is 0 Å². The first-order valence-electron chi connectivity index (χ1n) is 10.2. The maximum Gasteiger partial charge on any atom is 0.343 e. The monoisotopic (exact) mass is 446 g/mol. The standard InChI is InChI=1S/C23H25F2N2O3P/c1-13(2)29-31(28,30-14(3)4)23(19-11-26-21-9-15(24)5-7-17(19)21)20-12-27-22-10-16(25)6-8-18(20)22/h5-14,23,26-27H,1-4H3. The molecule has 0 saturated heterocycles. The van der Waals surface area contributed by atoms with Crippen LogP contribution in [-0.4, -0.2) is 22.2 Å². The Morgan fingerprint density at radius 1 is 0.774 bits per heavy atom. The summed E-state index contributed by atoms with van der Waals surface area (Å²) in [4.78, 5) is 6.13. The number of aromatic nitrogens is 2. The summed E-state index contributed by atoms with van der Waals surface area (Å²) in [6.07, 6.45) is 2.68. The molecule has 0 atom stereocenters. The number of H-pyrrole nitrogens is 2. The van der Waals surface area contributed by atoms with Gasteiger partial charge >= 0.3 is 7.60 Å². The predicted molar refractivity (Wildman–Crippen MR) is 118 cm³/mol. The molecule has 164 valence electrons. The summed E-state index contributed by atoms with van der Waals surface area (Å²) in [6.45, 7) is 7.18. The molecule has 2 aromatic carbocycles. The molecule has 0 spiro atoms. The third-order valence-corrected chi connectivity index (χ3v) is 7.59. The molecule has 0 aliphatic heterocycles. The van der Waals surface area contributed by atoms with E-state index in [-0.39, 0.29) is 23.8 Å². The fourth-order valence-corrected chi connectivity index (χ4v) is 6.51. The van der Waals surface area contributed by atoms with E-state index in [1.165, 1.54) is 24.3 Å². The zero-order chi connectivity index (χ0) is 22.3. The van der Waals surface area contributed by atoms with E-state index >= 15 is 0 Å². The lowest BCUT2D eigenvalue weighted by atomic mass is 10.0. The van der Waals surface area contributed by atoms with Crippen LogP contribution in [0.1, 0.15) is 44.5 Å². The van der Waals surface area contributed by atoms with E-state index in [0.717, 1.165) is 0 Å². The normalized spacial score (nSPS) is 12.8. The number of fused-ring (bicyclic) bond motifs is 2. The smallest absolute Gasteiger partial charge is 0.343 e. The average Bonchev–Trinajstić information content (AvgIpc) is 3.24. The molecule has 0 fully saturated rings. The zero-order valence-electron chi connectivity index (χ0n) is 17.8. The summed E-state index contributed by atoms with van der Waals surface area (Å²) in [7, 11) is -3.78. The molecule has 2 heterocycles. The summed E-state index contributed by atoms with van der Waals surface area (Å²) < 4.78 is 53.8. The van der Waals surface area contributed by atoms with Gasteiger partial charge in [-0.25, -0.2) is 8.78 Å². The van der Waals surface area contributed by atoms with Crippen molar-refractivity contribution >= 4 is 29.4 Å². The third-order valence-electron chi connectivity index (χ3n) is 4.97. The van der Waals surface area contributed by atoms with Gasteiger partial charge < -0.3 is 19.0 Å². The van der Waals surface area contributed by atoms with Gasteiger partial charge in [0.05, 0.1) is 12.2 Å². The van der Waals surface area contributed by atoms with Crippen molar-refractivity contribution in [2.24, 2.45) is 0 Å². The van der Waals surface area contributed by atoms with Crippen LogP contribution < -0.4 is 0 Å². The van der Waals surface area contributed by atoms with E-state index in [0.29, 0.717) is 32.9 Å². The third kappa shape index (κ3) is 4.18. The molecule has 4 aromatic rings. The number of halogens is 2. The lowest BCUT2D eigenvalue weighted by Gasteiger charge is -2.30. The first-order chi connectivity index (χ1) is 14.7. The van der Waals surface area contributed by atoms with Crippen molar-refractivity contribution < 1.29 is 22.4 Å². The maximum absolute atomic E-state index is 14.3. The van der Waals surface area contributed by atoms with Gasteiger partial charge in [-0.05, 0) is 75.2 Å². The molecule has 0 amide bonds. The molecule has 31 heavy (non-hydrogen) atoms. The molecule has 0 saturated carbocycles. The maximum atomic E-state index is 14.3. The number of hydrogen-bond acceptors (Lipinski definition) is 3. The number of benzene rings is 2. The molecule has 5 nitrogen and oxygen atoms in total. The molecule has 0 bridgehead atoms. The first-order valence-corrected chi connectivity index (χ1v) is 11.8. The van der Waals surface area contributed by atoms with Crippen LogP contribution in [0.5, 0.6) is 0 Å². The topological polar surface area (TPSA) is 67.1 Å². The van der Waals surface area contributed by atoms with E-state index in [1.54, 1.807) is 52.2 Å². The van der Waals surface area contributed by atoms with Gasteiger partial charge in [-0.1, -0.05) is 0 Å². The van der Waals surface area contributed by atoms with E-state index in [4.69, 9.17) is 9.05 Å². The molecule has 0 radical (unpaired) electrons. The Labute approximate surface area is 179 Å². The van der Waals surface area contributed by atoms with Gasteiger partial charge in [0.1, 0.15) is 17.3 Å². The van der Waals surface area contributed by atoms with Crippen LogP contribution >= 0.6 is 7.60 Å². The fourth-order valence-electron chi connectivity index (χ4n) is 3.94. The Morgan fingerprint density at radius 2 is 1.19 bits per heavy atom. The highest BCUT2D eigenvalue weighted by molar-refractivity contribution is 7.54. The van der Waals surface area contributed by atoms with E-state index in [2.05, 4.69) is 9.97 Å². The van der Waals surface area contributed by atoms with Crippen LogP contribution in [0, 0.1) is 11.6 Å². The molecule has 8 heteroatoms. The average molecular weight is 446 g/mol. The largest absolute Gasteiger partial charge is 0.361 e. The van der Waals surface area contributed by atoms with Gasteiger partial charge in [-0.3, -0.25) is 4.57 Å². The van der Waals surface area contributed by atoms with Crippen LogP contribution in [-0.2, 0) is 13.6 Å². The van der Waals surface area contributed by atoms with Crippen LogP contribution in [0.2, 0.25) is 0 Å². The molecule has 2 N–H and O–H groups in total. The van der Waals surface area contributed by atoms with Crippen LogP contribution in [0.15, 0.2) is 48.8 Å². The second kappa shape index (κ2) is 8.23. The lowest BCUT2D eigenvalue weighted by molar-refractivity contribution is 0.139. The number of nitrogens with one attached hydrogen (secondary N) is 2. The molecular formula is C23H25F2N2O3P. The van der Waals surface area contributed by atoms with Gasteiger partial charge in [-0.2, -0.15) is 0 Å². The summed E-state index contributed by atoms with van der Waals surface area (Å²) in [5, 5.41) is 1.42. The Bertz CT molecular complexity index is 1180. The lowest BCUT2D eigenvalue weighted by Crippen LogP contribution is -2.14. The van der Waals surface area contributed by atoms with E-state index in [9.17, 15) is 13.3 Å². The minimum atomic E-state index is -3.78. The van der Waals surface area contributed by atoms with Crippen LogP contribution in [0.4, 0.5) is 8.78 Å². The van der Waals surface area contributed by atoms with E-state index < -0.39 is 13.3 Å². The second-order valence-corrected chi connectivity index (χ2v) is 10.1. The van der Waals surface area contributed by atoms with Crippen LogP contribution in [0.25, 0.3) is 21.8 Å². The molecule has 2 aromatic heterocycles. The summed E-state index contributed by atoms with van der Waals surface area (Å²) in [6, 6.07) is 8.79. The Hall–Kier alpha value is -2.47. The second-order valence-electron chi connectivity index (χ2n) is 8.12. The first kappa shape index (κ1) is 21.8. The Morgan fingerprint density at radius 3 is 1.58 bits per heavy atom. The SMILES string of the molecule is CC(C)OP(=O)(OC(C)C)C(c1c[nH]c2cc(F)ccc12)c1c[nH]c2cc(F)ccc12. The van der Waals surface area contributed by atoms with Crippen molar-refractivity contribution in [3.63, 3.8) is 0 Å². The Balaban J connectivity index is 2.00. The zero-order valence-corrected chi connectivity index (χ0v) is 18.7. The van der Waals surface area contributed by atoms with E-state index in [1.807, 2.05) is 0 Å². The van der Waals surface area contributed by atoms with Crippen molar-refractivity contribution in [2.45, 2.75) is 45.6 Å². The van der Waals surface area contributed by atoms with Crippen molar-refractivity contribution in [3.05, 3.63) is 71.6 Å². The summed E-state index contributed by atoms with van der Waals surface area (Å²) in [5.41, 5.74) is 1.66. The number of hydrogen-bond donors (Lipinski definition) is 2. The fraction of sp³-hybridized carbons (Fsp3) is 0.304. The highest BCUT2D eigenvalue weighted by Gasteiger charge is 2.42. The molecule has 4 rings (SSSR count). The van der Waals surface area contributed by atoms with Gasteiger partial charge in [0.2, 0.25) is 0 Å². The molecular weight excluding hydrogens is 421 g/mol. The quantitative estimate of drug-likeness (QED) is 0.299. The van der Waals surface area contributed by atoms with Crippen molar-refractivity contribution in [1.82, 2.24) is 9.97 Å². The summed E-state index contributed by atoms with van der Waals surface area (Å²) in [5.74, 6) is -0.750. The molecule has 0 aliphatic rings. The summed E-state index contributed by atoms with van der Waals surface area (Å²) >= 11 is 0. The number of rotatable bonds is 7. The van der Waals surface area contributed by atoms with Crippen molar-refractivity contribution in [3.8, 4) is 0 Å². The molecule has 0 aliphatic carbocycles. The van der Waals surface area contributed by atoms with Gasteiger partial charge in [0.25, 0.3) is 0 Å². The highest BCUT2D eigenvalue weighted by atomic mass is 31.2. The Kier molecular flexibility index (Phi) is 5.77. The van der Waals surface area contributed by atoms with Crippen molar-refractivity contribution in [2.75, 3.05) is 0 Å². The van der Waals surface area contributed by atoms with Crippen molar-refractivity contribution in [1.29, 1.82) is 0 Å². The number of aromatic amines is 2. The van der Waals surface area contributed by atoms with Gasteiger partial charge in [-0.15, -0.1) is 0 Å². The minimum absolute atomic E-state index is 0.364. The highest BCUT2D eigenvalue weighted by Crippen LogP contribution is 2.66. The molecule has 0 unspecified atom stereocenters.